The zero-order chi connectivity index (χ0) is 9.19. The predicted octanol–water partition coefficient (Wildman–Crippen LogP) is 1.60. The summed E-state index contributed by atoms with van der Waals surface area (Å²) in [6, 6.07) is 0.396. The van der Waals surface area contributed by atoms with Gasteiger partial charge in [-0.15, -0.1) is 0 Å². The largest absolute Gasteiger partial charge is 0.326 e. The molecule has 2 heteroatoms. The van der Waals surface area contributed by atoms with Crippen molar-refractivity contribution in [1.29, 1.82) is 0 Å². The van der Waals surface area contributed by atoms with Gasteiger partial charge in [0.25, 0.3) is 0 Å². The van der Waals surface area contributed by atoms with E-state index in [4.69, 9.17) is 5.73 Å². The van der Waals surface area contributed by atoms with Gasteiger partial charge in [0.15, 0.2) is 0 Å². The second-order valence-corrected chi connectivity index (χ2v) is 3.79. The molecule has 1 fully saturated rings. The van der Waals surface area contributed by atoms with Crippen molar-refractivity contribution in [2.45, 2.75) is 51.6 Å². The van der Waals surface area contributed by atoms with Gasteiger partial charge >= 0.3 is 0 Å². The topological polar surface area (TPSA) is 29.3 Å². The smallest absolute Gasteiger partial charge is 0.0355 e. The summed E-state index contributed by atoms with van der Waals surface area (Å²) in [5, 5.41) is 0. The van der Waals surface area contributed by atoms with E-state index in [0.717, 1.165) is 6.54 Å². The maximum atomic E-state index is 6.16. The number of hydrogen-bond donors (Lipinski definition) is 1. The van der Waals surface area contributed by atoms with Gasteiger partial charge in [-0.05, 0) is 25.8 Å². The molecule has 1 atom stereocenters. The lowest BCUT2D eigenvalue weighted by atomic mass is 9.86. The van der Waals surface area contributed by atoms with Gasteiger partial charge in [-0.2, -0.15) is 0 Å². The first kappa shape index (κ1) is 10.0. The standard InChI is InChI=1S/C10H22N2/c1-4-10(5-2)9(11)7-8-12(10)6-3/h9H,4-8,11H2,1-3H3. The van der Waals surface area contributed by atoms with Crippen LogP contribution in [0.15, 0.2) is 0 Å². The van der Waals surface area contributed by atoms with Crippen molar-refractivity contribution in [3.05, 3.63) is 0 Å². The second kappa shape index (κ2) is 3.75. The monoisotopic (exact) mass is 170 g/mol. The number of hydrogen-bond acceptors (Lipinski definition) is 2. The zero-order valence-corrected chi connectivity index (χ0v) is 8.64. The number of nitrogens with two attached hydrogens (primary N) is 1. The Balaban J connectivity index is 2.78. The molecule has 2 nitrogen and oxygen atoms in total. The quantitative estimate of drug-likeness (QED) is 0.697. The third-order valence-corrected chi connectivity index (χ3v) is 3.64. The summed E-state index contributed by atoms with van der Waals surface area (Å²) < 4.78 is 0. The van der Waals surface area contributed by atoms with Crippen LogP contribution in [0.5, 0.6) is 0 Å². The molecule has 1 unspecified atom stereocenters. The molecule has 72 valence electrons. The van der Waals surface area contributed by atoms with Crippen LogP contribution >= 0.6 is 0 Å². The Bertz CT molecular complexity index is 141. The highest BCUT2D eigenvalue weighted by Gasteiger charge is 2.42. The molecule has 1 aliphatic heterocycles. The van der Waals surface area contributed by atoms with Crippen LogP contribution in [0.3, 0.4) is 0 Å². The lowest BCUT2D eigenvalue weighted by Gasteiger charge is -2.39. The molecule has 0 saturated carbocycles. The Morgan fingerprint density at radius 3 is 2.25 bits per heavy atom. The van der Waals surface area contributed by atoms with E-state index < -0.39 is 0 Å². The van der Waals surface area contributed by atoms with Crippen molar-refractivity contribution in [3.63, 3.8) is 0 Å². The first-order valence-corrected chi connectivity index (χ1v) is 5.21. The summed E-state index contributed by atoms with van der Waals surface area (Å²) in [4.78, 5) is 2.55. The van der Waals surface area contributed by atoms with E-state index in [0.29, 0.717) is 11.6 Å². The van der Waals surface area contributed by atoms with E-state index in [-0.39, 0.29) is 0 Å². The van der Waals surface area contributed by atoms with Crippen molar-refractivity contribution >= 4 is 0 Å². The van der Waals surface area contributed by atoms with Gasteiger partial charge in [-0.3, -0.25) is 4.90 Å². The van der Waals surface area contributed by atoms with Crippen LogP contribution in [0.2, 0.25) is 0 Å². The van der Waals surface area contributed by atoms with Gasteiger partial charge in [0, 0.05) is 18.1 Å². The Kier molecular flexibility index (Phi) is 3.13. The van der Waals surface area contributed by atoms with Gasteiger partial charge in [0.05, 0.1) is 0 Å². The average Bonchev–Trinajstić information content (AvgIpc) is 2.42. The summed E-state index contributed by atoms with van der Waals surface area (Å²) in [5.74, 6) is 0. The molecule has 0 spiro atoms. The number of likely N-dealkylation sites (N-methyl/N-ethyl adjacent to an activating group) is 1. The normalized spacial score (nSPS) is 29.5. The fourth-order valence-electron chi connectivity index (χ4n) is 2.72. The van der Waals surface area contributed by atoms with Crippen LogP contribution in [-0.4, -0.2) is 29.6 Å². The van der Waals surface area contributed by atoms with Crippen molar-refractivity contribution in [1.82, 2.24) is 4.90 Å². The van der Waals surface area contributed by atoms with E-state index in [1.165, 1.54) is 25.8 Å². The van der Waals surface area contributed by atoms with Crippen molar-refractivity contribution in [2.24, 2.45) is 5.73 Å². The van der Waals surface area contributed by atoms with E-state index in [9.17, 15) is 0 Å². The summed E-state index contributed by atoms with van der Waals surface area (Å²) >= 11 is 0. The van der Waals surface area contributed by atoms with Crippen LogP contribution in [0, 0.1) is 0 Å². The second-order valence-electron chi connectivity index (χ2n) is 3.79. The van der Waals surface area contributed by atoms with E-state index >= 15 is 0 Å². The average molecular weight is 170 g/mol. The maximum absolute atomic E-state index is 6.16. The molecule has 0 aromatic rings. The molecule has 0 radical (unpaired) electrons. The van der Waals surface area contributed by atoms with Crippen molar-refractivity contribution in [2.75, 3.05) is 13.1 Å². The molecule has 0 aromatic heterocycles. The molecule has 1 rings (SSSR count). The third-order valence-electron chi connectivity index (χ3n) is 3.64. The lowest BCUT2D eigenvalue weighted by molar-refractivity contribution is 0.121. The molecular formula is C10H22N2. The molecule has 2 N–H and O–H groups in total. The molecule has 12 heavy (non-hydrogen) atoms. The lowest BCUT2D eigenvalue weighted by Crippen LogP contribution is -2.52. The van der Waals surface area contributed by atoms with Gasteiger partial charge in [-0.1, -0.05) is 20.8 Å². The first-order valence-electron chi connectivity index (χ1n) is 5.21. The number of nitrogens with zero attached hydrogens (tertiary/aromatic N) is 1. The molecule has 0 amide bonds. The minimum absolute atomic E-state index is 0.314. The number of rotatable bonds is 3. The Morgan fingerprint density at radius 2 is 1.92 bits per heavy atom. The van der Waals surface area contributed by atoms with Crippen LogP contribution in [0.25, 0.3) is 0 Å². The summed E-state index contributed by atoms with van der Waals surface area (Å²) in [6.45, 7) is 9.10. The summed E-state index contributed by atoms with van der Waals surface area (Å²) in [6.07, 6.45) is 3.56. The Morgan fingerprint density at radius 1 is 1.33 bits per heavy atom. The van der Waals surface area contributed by atoms with E-state index in [1.54, 1.807) is 0 Å². The highest BCUT2D eigenvalue weighted by molar-refractivity contribution is 5.02. The molecule has 0 aliphatic carbocycles. The molecule has 0 bridgehead atoms. The van der Waals surface area contributed by atoms with Gasteiger partial charge in [-0.25, -0.2) is 0 Å². The molecule has 1 heterocycles. The minimum atomic E-state index is 0.314. The van der Waals surface area contributed by atoms with Crippen LogP contribution < -0.4 is 5.73 Å². The first-order chi connectivity index (χ1) is 5.71. The molecular weight excluding hydrogens is 148 g/mol. The molecule has 1 saturated heterocycles. The number of likely N-dealkylation sites (tertiary alicyclic amines) is 1. The van der Waals surface area contributed by atoms with E-state index in [2.05, 4.69) is 25.7 Å². The van der Waals surface area contributed by atoms with Gasteiger partial charge in [0.1, 0.15) is 0 Å². The fraction of sp³-hybridized carbons (Fsp3) is 1.00. The van der Waals surface area contributed by atoms with Gasteiger partial charge < -0.3 is 5.73 Å². The van der Waals surface area contributed by atoms with Crippen LogP contribution in [-0.2, 0) is 0 Å². The molecule has 1 aliphatic rings. The molecule has 0 aromatic carbocycles. The van der Waals surface area contributed by atoms with Crippen molar-refractivity contribution in [3.8, 4) is 0 Å². The Hall–Kier alpha value is -0.0800. The highest BCUT2D eigenvalue weighted by atomic mass is 15.2. The summed E-state index contributed by atoms with van der Waals surface area (Å²) in [5.41, 5.74) is 6.47. The van der Waals surface area contributed by atoms with Crippen molar-refractivity contribution < 1.29 is 0 Å². The minimum Gasteiger partial charge on any atom is -0.326 e. The SMILES string of the molecule is CCN1CCC(N)C1(CC)CC. The van der Waals surface area contributed by atoms with Crippen LogP contribution in [0.4, 0.5) is 0 Å². The zero-order valence-electron chi connectivity index (χ0n) is 8.64. The summed E-state index contributed by atoms with van der Waals surface area (Å²) in [7, 11) is 0. The van der Waals surface area contributed by atoms with E-state index in [1.807, 2.05) is 0 Å². The fourth-order valence-corrected chi connectivity index (χ4v) is 2.72. The third kappa shape index (κ3) is 1.27. The highest BCUT2D eigenvalue weighted by Crippen LogP contribution is 2.33. The van der Waals surface area contributed by atoms with Crippen LogP contribution in [0.1, 0.15) is 40.0 Å². The maximum Gasteiger partial charge on any atom is 0.0355 e. The Labute approximate surface area is 76.1 Å². The van der Waals surface area contributed by atoms with Gasteiger partial charge in [0.2, 0.25) is 0 Å². The predicted molar refractivity (Wildman–Crippen MR) is 53.2 cm³/mol.